The molecule has 5 nitrogen and oxygen atoms in total. The number of carbonyl (C=O) groups is 1. The Morgan fingerprint density at radius 2 is 1.84 bits per heavy atom. The lowest BCUT2D eigenvalue weighted by atomic mass is 9.98. The zero-order valence-corrected chi connectivity index (χ0v) is 11.7. The quantitative estimate of drug-likeness (QED) is 0.820. The third-order valence-electron chi connectivity index (χ3n) is 2.90. The van der Waals surface area contributed by atoms with Crippen LogP contribution in [0.3, 0.4) is 0 Å². The maximum atomic E-state index is 11.0. The van der Waals surface area contributed by atoms with Gasteiger partial charge in [-0.05, 0) is 24.1 Å². The number of hydrogen-bond donors (Lipinski definition) is 1. The molecule has 1 aromatic carbocycles. The standard InChI is InChI=1S/C14H20O5/c1-9(14(15)16)5-10-6-12(18-3)7-11(8-17-2)13(10)19-4/h6-7,9H,5,8H2,1-4H3,(H,15,16). The van der Waals surface area contributed by atoms with E-state index in [2.05, 4.69) is 0 Å². The minimum atomic E-state index is -0.835. The Kier molecular flexibility index (Phi) is 5.63. The first-order valence-corrected chi connectivity index (χ1v) is 5.99. The molecule has 1 rings (SSSR count). The van der Waals surface area contributed by atoms with Crippen LogP contribution >= 0.6 is 0 Å². The first-order valence-electron chi connectivity index (χ1n) is 5.99. The maximum Gasteiger partial charge on any atom is 0.306 e. The molecule has 19 heavy (non-hydrogen) atoms. The molecule has 0 saturated carbocycles. The largest absolute Gasteiger partial charge is 0.497 e. The van der Waals surface area contributed by atoms with E-state index in [9.17, 15) is 4.79 Å². The van der Waals surface area contributed by atoms with Crippen LogP contribution in [-0.4, -0.2) is 32.4 Å². The number of rotatable bonds is 7. The van der Waals surface area contributed by atoms with Crippen molar-refractivity contribution in [3.63, 3.8) is 0 Å². The lowest BCUT2D eigenvalue weighted by Gasteiger charge is -2.16. The van der Waals surface area contributed by atoms with E-state index >= 15 is 0 Å². The molecule has 0 spiro atoms. The molecule has 0 fully saturated rings. The Hall–Kier alpha value is -1.75. The van der Waals surface area contributed by atoms with Gasteiger partial charge in [-0.1, -0.05) is 6.92 Å². The van der Waals surface area contributed by atoms with Gasteiger partial charge in [0.15, 0.2) is 0 Å². The zero-order valence-electron chi connectivity index (χ0n) is 11.7. The van der Waals surface area contributed by atoms with Gasteiger partial charge in [0.1, 0.15) is 11.5 Å². The summed E-state index contributed by atoms with van der Waals surface area (Å²) in [5.41, 5.74) is 1.65. The van der Waals surface area contributed by atoms with Crippen molar-refractivity contribution < 1.29 is 24.1 Å². The number of hydrogen-bond acceptors (Lipinski definition) is 4. The van der Waals surface area contributed by atoms with E-state index in [1.807, 2.05) is 6.07 Å². The molecule has 5 heteroatoms. The number of ether oxygens (including phenoxy) is 3. The summed E-state index contributed by atoms with van der Waals surface area (Å²) in [5.74, 6) is 0.00533. The van der Waals surface area contributed by atoms with Crippen LogP contribution in [-0.2, 0) is 22.6 Å². The second-order valence-electron chi connectivity index (χ2n) is 4.36. The van der Waals surface area contributed by atoms with Crippen molar-refractivity contribution in [2.24, 2.45) is 5.92 Å². The molecule has 0 radical (unpaired) electrons. The van der Waals surface area contributed by atoms with Crippen LogP contribution in [0.5, 0.6) is 11.5 Å². The first kappa shape index (κ1) is 15.3. The van der Waals surface area contributed by atoms with Gasteiger partial charge in [-0.15, -0.1) is 0 Å². The fourth-order valence-corrected chi connectivity index (χ4v) is 1.93. The summed E-state index contributed by atoms with van der Waals surface area (Å²) >= 11 is 0. The predicted molar refractivity (Wildman–Crippen MR) is 70.8 cm³/mol. The Morgan fingerprint density at radius 1 is 1.21 bits per heavy atom. The summed E-state index contributed by atoms with van der Waals surface area (Å²) in [6.07, 6.45) is 0.381. The summed E-state index contributed by atoms with van der Waals surface area (Å²) in [7, 11) is 4.73. The minimum absolute atomic E-state index is 0.381. The summed E-state index contributed by atoms with van der Waals surface area (Å²) < 4.78 is 15.7. The highest BCUT2D eigenvalue weighted by Gasteiger charge is 2.18. The van der Waals surface area contributed by atoms with E-state index in [0.717, 1.165) is 11.1 Å². The molecule has 1 aromatic rings. The van der Waals surface area contributed by atoms with Crippen LogP contribution in [0.1, 0.15) is 18.1 Å². The molecule has 0 bridgehead atoms. The number of carboxylic acids is 1. The molecule has 0 aliphatic carbocycles. The monoisotopic (exact) mass is 268 g/mol. The molecule has 0 aromatic heterocycles. The number of benzene rings is 1. The number of methoxy groups -OCH3 is 3. The molecule has 106 valence electrons. The third kappa shape index (κ3) is 3.86. The van der Waals surface area contributed by atoms with E-state index in [1.165, 1.54) is 0 Å². The smallest absolute Gasteiger partial charge is 0.306 e. The summed E-state index contributed by atoms with van der Waals surface area (Å²) in [6, 6.07) is 3.63. The van der Waals surface area contributed by atoms with Gasteiger partial charge >= 0.3 is 5.97 Å². The molecule has 0 heterocycles. The molecular weight excluding hydrogens is 248 g/mol. The fourth-order valence-electron chi connectivity index (χ4n) is 1.93. The Morgan fingerprint density at radius 3 is 2.32 bits per heavy atom. The lowest BCUT2D eigenvalue weighted by molar-refractivity contribution is -0.141. The lowest BCUT2D eigenvalue weighted by Crippen LogP contribution is -2.13. The summed E-state index contributed by atoms with van der Waals surface area (Å²) in [5, 5.41) is 9.01. The second-order valence-corrected chi connectivity index (χ2v) is 4.36. The van der Waals surface area contributed by atoms with Crippen molar-refractivity contribution in [2.45, 2.75) is 20.0 Å². The van der Waals surface area contributed by atoms with Crippen LogP contribution in [0.2, 0.25) is 0 Å². The van der Waals surface area contributed by atoms with Gasteiger partial charge in [-0.2, -0.15) is 0 Å². The molecule has 0 saturated heterocycles. The van der Waals surface area contributed by atoms with Crippen LogP contribution in [0, 0.1) is 5.92 Å². The van der Waals surface area contributed by atoms with Gasteiger partial charge in [0, 0.05) is 12.7 Å². The second kappa shape index (κ2) is 6.99. The van der Waals surface area contributed by atoms with Crippen molar-refractivity contribution >= 4 is 5.97 Å². The Balaban J connectivity index is 3.18. The van der Waals surface area contributed by atoms with Gasteiger partial charge in [0.2, 0.25) is 0 Å². The highest BCUT2D eigenvalue weighted by Crippen LogP contribution is 2.31. The maximum absolute atomic E-state index is 11.0. The van der Waals surface area contributed by atoms with Crippen molar-refractivity contribution in [3.8, 4) is 11.5 Å². The van der Waals surface area contributed by atoms with Gasteiger partial charge in [-0.25, -0.2) is 0 Å². The fraction of sp³-hybridized carbons (Fsp3) is 0.500. The molecule has 1 atom stereocenters. The van der Waals surface area contributed by atoms with Gasteiger partial charge in [0.05, 0.1) is 26.7 Å². The summed E-state index contributed by atoms with van der Waals surface area (Å²) in [6.45, 7) is 2.05. The Labute approximate surface area is 113 Å². The molecular formula is C14H20O5. The summed E-state index contributed by atoms with van der Waals surface area (Å²) in [4.78, 5) is 11.0. The van der Waals surface area contributed by atoms with E-state index in [4.69, 9.17) is 19.3 Å². The highest BCUT2D eigenvalue weighted by atomic mass is 16.5. The minimum Gasteiger partial charge on any atom is -0.497 e. The van der Waals surface area contributed by atoms with E-state index in [-0.39, 0.29) is 0 Å². The molecule has 1 N–H and O–H groups in total. The van der Waals surface area contributed by atoms with E-state index in [0.29, 0.717) is 24.5 Å². The molecule has 0 amide bonds. The molecule has 0 aliphatic heterocycles. The van der Waals surface area contributed by atoms with Crippen LogP contribution in [0.15, 0.2) is 12.1 Å². The van der Waals surface area contributed by atoms with Gasteiger partial charge in [-0.3, -0.25) is 4.79 Å². The first-order chi connectivity index (χ1) is 9.03. The van der Waals surface area contributed by atoms with Crippen LogP contribution in [0.4, 0.5) is 0 Å². The molecule has 1 unspecified atom stereocenters. The zero-order chi connectivity index (χ0) is 14.4. The van der Waals surface area contributed by atoms with Crippen molar-refractivity contribution in [2.75, 3.05) is 21.3 Å². The normalized spacial score (nSPS) is 12.0. The van der Waals surface area contributed by atoms with E-state index < -0.39 is 11.9 Å². The predicted octanol–water partition coefficient (Wildman–Crippen LogP) is 2.11. The molecule has 0 aliphatic rings. The van der Waals surface area contributed by atoms with Gasteiger partial charge in [0.25, 0.3) is 0 Å². The SMILES string of the molecule is COCc1cc(OC)cc(CC(C)C(=O)O)c1OC. The topological polar surface area (TPSA) is 65.0 Å². The Bertz CT molecular complexity index is 442. The number of aliphatic carboxylic acids is 1. The van der Waals surface area contributed by atoms with Crippen molar-refractivity contribution in [1.82, 2.24) is 0 Å². The van der Waals surface area contributed by atoms with E-state index in [1.54, 1.807) is 34.3 Å². The average molecular weight is 268 g/mol. The highest BCUT2D eigenvalue weighted by molar-refractivity contribution is 5.70. The average Bonchev–Trinajstić information content (AvgIpc) is 2.38. The number of carboxylic acid groups (broad SMARTS) is 1. The van der Waals surface area contributed by atoms with Crippen LogP contribution in [0.25, 0.3) is 0 Å². The van der Waals surface area contributed by atoms with Crippen LogP contribution < -0.4 is 9.47 Å². The van der Waals surface area contributed by atoms with Gasteiger partial charge < -0.3 is 19.3 Å². The van der Waals surface area contributed by atoms with Crippen molar-refractivity contribution in [1.29, 1.82) is 0 Å². The third-order valence-corrected chi connectivity index (χ3v) is 2.90. The van der Waals surface area contributed by atoms with Crippen molar-refractivity contribution in [3.05, 3.63) is 23.3 Å².